The number of aryl methyl sites for hydroxylation is 1. The van der Waals surface area contributed by atoms with Crippen LogP contribution in [0.4, 0.5) is 0 Å². The summed E-state index contributed by atoms with van der Waals surface area (Å²) in [4.78, 5) is 13.3. The Morgan fingerprint density at radius 3 is 2.88 bits per heavy atom. The van der Waals surface area contributed by atoms with Crippen LogP contribution in [0.5, 0.6) is 5.75 Å². The number of carbonyl (C=O) groups is 1. The van der Waals surface area contributed by atoms with E-state index < -0.39 is 0 Å². The highest BCUT2D eigenvalue weighted by atomic mass is 16.5. The molecule has 0 aliphatic rings. The highest BCUT2D eigenvalue weighted by Crippen LogP contribution is 2.12. The molecular weight excluding hydrogens is 216 g/mol. The summed E-state index contributed by atoms with van der Waals surface area (Å²) in [6.07, 6.45) is 0. The molecule has 0 fully saturated rings. The highest BCUT2D eigenvalue weighted by molar-refractivity contribution is 5.77. The molecule has 1 rings (SSSR count). The van der Waals surface area contributed by atoms with E-state index in [1.54, 1.807) is 11.9 Å². The average Bonchev–Trinajstić information content (AvgIpc) is 2.33. The van der Waals surface area contributed by atoms with Crippen LogP contribution in [0.25, 0.3) is 0 Å². The molecule has 4 heteroatoms. The zero-order chi connectivity index (χ0) is 12.7. The lowest BCUT2D eigenvalue weighted by atomic mass is 10.2. The van der Waals surface area contributed by atoms with Gasteiger partial charge in [0.15, 0.2) is 6.61 Å². The Morgan fingerprint density at radius 1 is 1.47 bits per heavy atom. The number of hydrogen-bond donors (Lipinski definition) is 1. The first-order valence-electron chi connectivity index (χ1n) is 5.71. The predicted octanol–water partition coefficient (Wildman–Crippen LogP) is 1.05. The van der Waals surface area contributed by atoms with E-state index in [-0.39, 0.29) is 12.5 Å². The minimum Gasteiger partial charge on any atom is -0.484 e. The van der Waals surface area contributed by atoms with Gasteiger partial charge in [0.25, 0.3) is 5.91 Å². The number of rotatable bonds is 6. The summed E-state index contributed by atoms with van der Waals surface area (Å²) in [5.41, 5.74) is 1.12. The zero-order valence-corrected chi connectivity index (χ0v) is 10.7. The monoisotopic (exact) mass is 236 g/mol. The molecule has 0 aliphatic carbocycles. The number of ether oxygens (including phenoxy) is 1. The van der Waals surface area contributed by atoms with Gasteiger partial charge in [0, 0.05) is 20.1 Å². The largest absolute Gasteiger partial charge is 0.484 e. The number of amides is 1. The Balaban J connectivity index is 2.37. The Bertz CT molecular complexity index is 366. The van der Waals surface area contributed by atoms with Crippen molar-refractivity contribution in [3.8, 4) is 5.75 Å². The maximum absolute atomic E-state index is 11.7. The lowest BCUT2D eigenvalue weighted by Crippen LogP contribution is -2.35. The second-order valence-electron chi connectivity index (χ2n) is 4.02. The minimum absolute atomic E-state index is 0.0123. The SMILES string of the molecule is CNCCN(C)C(=O)COc1cccc(C)c1. The molecule has 0 bridgehead atoms. The Morgan fingerprint density at radius 2 is 2.24 bits per heavy atom. The van der Waals surface area contributed by atoms with Gasteiger partial charge < -0.3 is 15.0 Å². The van der Waals surface area contributed by atoms with Crippen LogP contribution in [0.2, 0.25) is 0 Å². The number of nitrogens with zero attached hydrogens (tertiary/aromatic N) is 1. The summed E-state index contributed by atoms with van der Waals surface area (Å²) in [5, 5.41) is 3.00. The molecule has 1 amide bonds. The van der Waals surface area contributed by atoms with Crippen molar-refractivity contribution in [3.05, 3.63) is 29.8 Å². The van der Waals surface area contributed by atoms with Crippen molar-refractivity contribution < 1.29 is 9.53 Å². The molecule has 1 aromatic rings. The van der Waals surface area contributed by atoms with Crippen LogP contribution in [0.15, 0.2) is 24.3 Å². The quantitative estimate of drug-likeness (QED) is 0.802. The smallest absolute Gasteiger partial charge is 0.260 e. The van der Waals surface area contributed by atoms with E-state index in [2.05, 4.69) is 5.32 Å². The lowest BCUT2D eigenvalue weighted by Gasteiger charge is -2.17. The fourth-order valence-electron chi connectivity index (χ4n) is 1.36. The van der Waals surface area contributed by atoms with Crippen LogP contribution < -0.4 is 10.1 Å². The third-order valence-corrected chi connectivity index (χ3v) is 2.47. The van der Waals surface area contributed by atoms with Gasteiger partial charge in [-0.05, 0) is 31.7 Å². The molecule has 17 heavy (non-hydrogen) atoms. The minimum atomic E-state index is -0.0123. The van der Waals surface area contributed by atoms with Crippen molar-refractivity contribution in [1.82, 2.24) is 10.2 Å². The van der Waals surface area contributed by atoms with Gasteiger partial charge in [0.05, 0.1) is 0 Å². The average molecular weight is 236 g/mol. The van der Waals surface area contributed by atoms with Crippen LogP contribution in [-0.4, -0.2) is 44.6 Å². The number of likely N-dealkylation sites (N-methyl/N-ethyl adjacent to an activating group) is 2. The summed E-state index contributed by atoms with van der Waals surface area (Å²) in [5.74, 6) is 0.724. The molecule has 0 saturated heterocycles. The second-order valence-corrected chi connectivity index (χ2v) is 4.02. The summed E-state index contributed by atoms with van der Waals surface area (Å²) in [6.45, 7) is 3.55. The molecule has 0 heterocycles. The van der Waals surface area contributed by atoms with Crippen LogP contribution in [0.3, 0.4) is 0 Å². The maximum Gasteiger partial charge on any atom is 0.260 e. The molecule has 0 saturated carbocycles. The van der Waals surface area contributed by atoms with Crippen molar-refractivity contribution >= 4 is 5.91 Å². The van der Waals surface area contributed by atoms with Gasteiger partial charge in [-0.15, -0.1) is 0 Å². The molecule has 0 aromatic heterocycles. The highest BCUT2D eigenvalue weighted by Gasteiger charge is 2.08. The van der Waals surface area contributed by atoms with E-state index in [1.165, 1.54) is 0 Å². The molecule has 0 aliphatic heterocycles. The van der Waals surface area contributed by atoms with Crippen molar-refractivity contribution in [1.29, 1.82) is 0 Å². The van der Waals surface area contributed by atoms with Gasteiger partial charge in [-0.3, -0.25) is 4.79 Å². The van der Waals surface area contributed by atoms with Crippen LogP contribution in [0.1, 0.15) is 5.56 Å². The standard InChI is InChI=1S/C13H20N2O2/c1-11-5-4-6-12(9-11)17-10-13(16)15(3)8-7-14-2/h4-6,9,14H,7-8,10H2,1-3H3. The van der Waals surface area contributed by atoms with E-state index in [9.17, 15) is 4.79 Å². The van der Waals surface area contributed by atoms with Crippen molar-refractivity contribution in [2.45, 2.75) is 6.92 Å². The molecule has 0 unspecified atom stereocenters. The summed E-state index contributed by atoms with van der Waals surface area (Å²) in [6, 6.07) is 7.68. The Hall–Kier alpha value is -1.55. The number of nitrogens with one attached hydrogen (secondary N) is 1. The molecular formula is C13H20N2O2. The summed E-state index contributed by atoms with van der Waals surface area (Å²) >= 11 is 0. The first kappa shape index (κ1) is 13.5. The fourth-order valence-corrected chi connectivity index (χ4v) is 1.36. The summed E-state index contributed by atoms with van der Waals surface area (Å²) < 4.78 is 5.44. The molecule has 0 spiro atoms. The van der Waals surface area contributed by atoms with Crippen LogP contribution in [0, 0.1) is 6.92 Å². The Kier molecular flexibility index (Phi) is 5.49. The van der Waals surface area contributed by atoms with Gasteiger partial charge in [0.2, 0.25) is 0 Å². The third-order valence-electron chi connectivity index (χ3n) is 2.47. The fraction of sp³-hybridized carbons (Fsp3) is 0.462. The topological polar surface area (TPSA) is 41.6 Å². The van der Waals surface area contributed by atoms with Crippen LogP contribution >= 0.6 is 0 Å². The molecule has 0 atom stereocenters. The lowest BCUT2D eigenvalue weighted by molar-refractivity contribution is -0.131. The maximum atomic E-state index is 11.7. The van der Waals surface area contributed by atoms with Gasteiger partial charge in [-0.2, -0.15) is 0 Å². The van der Waals surface area contributed by atoms with E-state index in [1.807, 2.05) is 38.2 Å². The van der Waals surface area contributed by atoms with Gasteiger partial charge in [-0.1, -0.05) is 12.1 Å². The second kappa shape index (κ2) is 6.91. The van der Waals surface area contributed by atoms with Crippen molar-refractivity contribution in [2.75, 3.05) is 33.8 Å². The van der Waals surface area contributed by atoms with Gasteiger partial charge >= 0.3 is 0 Å². The molecule has 94 valence electrons. The van der Waals surface area contributed by atoms with E-state index >= 15 is 0 Å². The molecule has 4 nitrogen and oxygen atoms in total. The molecule has 1 N–H and O–H groups in total. The van der Waals surface area contributed by atoms with Crippen molar-refractivity contribution in [2.24, 2.45) is 0 Å². The third kappa shape index (κ3) is 4.87. The number of hydrogen-bond acceptors (Lipinski definition) is 3. The normalized spacial score (nSPS) is 10.1. The first-order chi connectivity index (χ1) is 8.13. The summed E-state index contributed by atoms with van der Waals surface area (Å²) in [7, 11) is 3.64. The number of benzene rings is 1. The van der Waals surface area contributed by atoms with Gasteiger partial charge in [0.1, 0.15) is 5.75 Å². The van der Waals surface area contributed by atoms with Crippen LogP contribution in [-0.2, 0) is 4.79 Å². The predicted molar refractivity (Wildman–Crippen MR) is 68.2 cm³/mol. The van der Waals surface area contributed by atoms with E-state index in [4.69, 9.17) is 4.74 Å². The molecule has 1 aromatic carbocycles. The van der Waals surface area contributed by atoms with E-state index in [0.29, 0.717) is 6.54 Å². The molecule has 0 radical (unpaired) electrons. The first-order valence-corrected chi connectivity index (χ1v) is 5.71. The van der Waals surface area contributed by atoms with Crippen molar-refractivity contribution in [3.63, 3.8) is 0 Å². The zero-order valence-electron chi connectivity index (χ0n) is 10.7. The van der Waals surface area contributed by atoms with Gasteiger partial charge in [-0.25, -0.2) is 0 Å². The number of carbonyl (C=O) groups excluding carboxylic acids is 1. The van der Waals surface area contributed by atoms with E-state index in [0.717, 1.165) is 17.9 Å². The Labute approximate surface area is 103 Å².